The van der Waals surface area contributed by atoms with E-state index < -0.39 is 47.8 Å². The third-order valence-electron chi connectivity index (χ3n) is 2.91. The molecule has 4 aromatic heterocycles. The molecule has 0 atom stereocenters. The Kier molecular flexibility index (Phi) is 60.9. The van der Waals surface area contributed by atoms with Gasteiger partial charge in [0.2, 0.25) is 0 Å². The predicted molar refractivity (Wildman–Crippen MR) is 145 cm³/mol. The number of aromatic amines is 8. The molecule has 0 saturated carbocycles. The van der Waals surface area contributed by atoms with Gasteiger partial charge in [-0.1, -0.05) is 0 Å². The van der Waals surface area contributed by atoms with Crippen molar-refractivity contribution in [2.75, 3.05) is 22.9 Å². The molecule has 0 aliphatic carbocycles. The van der Waals surface area contributed by atoms with Crippen LogP contribution in [0.5, 0.6) is 0 Å². The number of nitrogen functional groups attached to an aromatic ring is 4. The second kappa shape index (κ2) is 45.5. The number of hydrogen-bond donors (Lipinski definition) is 8. The molecule has 0 bridgehead atoms. The molecule has 4 heterocycles. The van der Waals surface area contributed by atoms with E-state index in [4.69, 9.17) is 102 Å². The first-order valence-electron chi connectivity index (χ1n) is 11.1. The van der Waals surface area contributed by atoms with Crippen LogP contribution in [0.1, 0.15) is 0 Å². The molecule has 4 rings (SSSR count). The van der Waals surface area contributed by atoms with E-state index in [2.05, 4.69) is 39.9 Å². The van der Waals surface area contributed by atoms with Gasteiger partial charge in [-0.3, -0.25) is 22.9 Å². The minimum Gasteiger partial charge on any atom is -0.543 e. The Morgan fingerprint density at radius 1 is 0.352 bits per heavy atom. The Morgan fingerprint density at radius 2 is 0.463 bits per heavy atom. The molecule has 26 N–H and O–H groups in total. The molecule has 0 aliphatic rings. The van der Waals surface area contributed by atoms with Gasteiger partial charge in [-0.2, -0.15) is 0 Å². The van der Waals surface area contributed by atoms with Crippen LogP contribution in [-0.4, -0.2) is 95.1 Å². The minimum absolute atomic E-state index is 0. The fraction of sp³-hybridized carbons (Fsp3) is 0. The predicted octanol–water partition coefficient (Wildman–Crippen LogP) is -20.5. The number of nitrogens with one attached hydrogen (secondary N) is 8. The number of aliphatic carboxylic acids is 8. The number of carboxylic acids is 8. The van der Waals surface area contributed by atoms with E-state index in [1.54, 1.807) is 49.6 Å². The largest absolute Gasteiger partial charge is 4.00 e. The number of anilines is 4. The van der Waals surface area contributed by atoms with E-state index in [0.717, 1.165) is 0 Å². The zero-order valence-electron chi connectivity index (χ0n) is 26.5. The van der Waals surface area contributed by atoms with Crippen molar-refractivity contribution < 1.29 is 153 Å². The number of carbonyl (C=O) groups excluding carboxylic acids is 8. The van der Waals surface area contributed by atoms with Gasteiger partial charge in [0.1, 0.15) is 0 Å². The van der Waals surface area contributed by atoms with E-state index in [-0.39, 0.29) is 53.6 Å². The summed E-state index contributed by atoms with van der Waals surface area (Å²) in [5, 5.41) is 71.4. The molecular weight excluding hydrogens is 836 g/mol. The van der Waals surface area contributed by atoms with Crippen molar-refractivity contribution in [1.82, 2.24) is 19.9 Å². The summed E-state index contributed by atoms with van der Waals surface area (Å²) >= 11 is 0. The van der Waals surface area contributed by atoms with Crippen LogP contribution in [0, 0.1) is 0 Å². The van der Waals surface area contributed by atoms with Gasteiger partial charge < -0.3 is 107 Å². The summed E-state index contributed by atoms with van der Waals surface area (Å²) in [6.07, 6.45) is 13.9. The van der Waals surface area contributed by atoms with Crippen molar-refractivity contribution in [3.05, 3.63) is 49.6 Å². The number of carboxylic acid groups (broad SMARTS) is 8. The summed E-state index contributed by atoms with van der Waals surface area (Å²) in [6, 6.07) is 0. The maximum Gasteiger partial charge on any atom is 4.00 e. The number of H-pyrrole nitrogens is 8. The topological polar surface area (TPSA) is 702 Å². The van der Waals surface area contributed by atoms with Crippen LogP contribution in [-0.2, 0) is 64.6 Å². The molecule has 0 amide bonds. The van der Waals surface area contributed by atoms with Crippen molar-refractivity contribution in [2.45, 2.75) is 0 Å². The second-order valence-corrected chi connectivity index (χ2v) is 6.44. The number of hydrogen-bond acceptors (Lipinski definition) is 20. The van der Waals surface area contributed by atoms with Gasteiger partial charge in [0.05, 0.1) is 97.3 Å². The summed E-state index contributed by atoms with van der Waals surface area (Å²) in [7, 11) is 0. The molecule has 304 valence electrons. The average Bonchev–Trinajstić information content (AvgIpc) is 3.83. The Labute approximate surface area is 316 Å². The van der Waals surface area contributed by atoms with Crippen LogP contribution < -0.4 is 83.7 Å². The number of aromatic nitrogens is 8. The standard InChI is InChI=1S/4C3H5N3.4C2H2O4.5H2O.Zr/c4*4-3-5-1-2-6-3;4*3-1(4)2(5)6;;;;;;/h4*1-2H,(H3,4,5,6);4*(H,3,4)(H,5,6);5*1H2;/q;;;;;;;;;;;;;+4/p-4. The normalized spacial score (nSPS) is 7.11. The molecule has 0 spiro atoms. The van der Waals surface area contributed by atoms with Gasteiger partial charge >= 0.3 is 50.0 Å². The first kappa shape index (κ1) is 72.2. The number of imidazole rings is 4. The van der Waals surface area contributed by atoms with Gasteiger partial charge in [0.15, 0.2) is 0 Å². The molecule has 0 aliphatic heterocycles. The molecule has 33 nitrogen and oxygen atoms in total. The van der Waals surface area contributed by atoms with Crippen molar-refractivity contribution in [2.24, 2.45) is 0 Å². The fourth-order valence-corrected chi connectivity index (χ4v) is 1.22. The first-order valence-corrected chi connectivity index (χ1v) is 11.1. The summed E-state index contributed by atoms with van der Waals surface area (Å²) in [6.45, 7) is 0. The summed E-state index contributed by atoms with van der Waals surface area (Å²) in [4.78, 5) is 93.2. The van der Waals surface area contributed by atoms with Crippen LogP contribution in [0.15, 0.2) is 49.6 Å². The van der Waals surface area contributed by atoms with Crippen LogP contribution in [0.2, 0.25) is 0 Å². The van der Waals surface area contributed by atoms with Gasteiger partial charge in [-0.15, -0.1) is 0 Å². The average molecular weight is 870 g/mol. The van der Waals surface area contributed by atoms with E-state index in [0.29, 0.717) is 23.8 Å². The molecular formula is C20H34N12O21Zr. The van der Waals surface area contributed by atoms with Gasteiger partial charge in [0, 0.05) is 0 Å². The zero-order chi connectivity index (χ0) is 38.2. The Bertz CT molecular complexity index is 1210. The second-order valence-electron chi connectivity index (χ2n) is 6.44. The minimum atomic E-state index is -2.19. The molecule has 0 fully saturated rings. The van der Waals surface area contributed by atoms with Crippen LogP contribution >= 0.6 is 0 Å². The van der Waals surface area contributed by atoms with Crippen molar-refractivity contribution >= 4 is 71.5 Å². The number of carbonyl (C=O) groups is 8. The third kappa shape index (κ3) is 63.2. The fourth-order valence-electron chi connectivity index (χ4n) is 1.22. The molecule has 0 aromatic carbocycles. The Hall–Kier alpha value is -7.52. The number of nitrogens with two attached hydrogens (primary N) is 4. The first-order chi connectivity index (χ1) is 22.1. The zero-order valence-corrected chi connectivity index (χ0v) is 28.9. The molecule has 0 unspecified atom stereocenters. The molecule has 0 radical (unpaired) electrons. The van der Waals surface area contributed by atoms with Gasteiger partial charge in [-0.05, 0) is 0 Å². The smallest absolute Gasteiger partial charge is 0.543 e. The van der Waals surface area contributed by atoms with E-state index in [1.807, 2.05) is 0 Å². The van der Waals surface area contributed by atoms with Crippen molar-refractivity contribution in [3.8, 4) is 0 Å². The molecule has 54 heavy (non-hydrogen) atoms. The van der Waals surface area contributed by atoms with Crippen LogP contribution in [0.3, 0.4) is 0 Å². The monoisotopic (exact) mass is 868 g/mol. The summed E-state index contributed by atoms with van der Waals surface area (Å²) < 4.78 is 0. The van der Waals surface area contributed by atoms with E-state index >= 15 is 0 Å². The van der Waals surface area contributed by atoms with Crippen LogP contribution in [0.25, 0.3) is 0 Å². The van der Waals surface area contributed by atoms with Crippen molar-refractivity contribution in [3.63, 3.8) is 0 Å². The van der Waals surface area contributed by atoms with E-state index in [9.17, 15) is 0 Å². The van der Waals surface area contributed by atoms with Gasteiger partial charge in [0.25, 0.3) is 0 Å². The quantitative estimate of drug-likeness (QED) is 0.0761. The summed E-state index contributed by atoms with van der Waals surface area (Å²) in [5.74, 6) is -15.1. The summed E-state index contributed by atoms with van der Waals surface area (Å²) in [5.41, 5.74) is 20.7. The van der Waals surface area contributed by atoms with Crippen molar-refractivity contribution in [1.29, 1.82) is 0 Å². The molecule has 4 aromatic rings. The Morgan fingerprint density at radius 3 is 0.481 bits per heavy atom. The maximum absolute atomic E-state index is 8.93. The van der Waals surface area contributed by atoms with Crippen LogP contribution in [0.4, 0.5) is 23.8 Å². The molecule has 0 saturated heterocycles. The Balaban J connectivity index is -0.0000000504. The third-order valence-corrected chi connectivity index (χ3v) is 2.91. The molecule has 34 heteroatoms. The SMILES string of the molecule is Nc1[nH]cc[nH+]1.Nc1[nH]cc[nH+]1.Nc1[nH]cc[nH+]1.Nc1[nH]cc[nH+]1.O.O.O.O.O.O=C([O-])C(=O)[O-].O=C([O-])C(=O)[O-].O=C([O-])C(=O)[O-].O=C([O-])C(=O)[O-].[Zr+4]. The van der Waals surface area contributed by atoms with E-state index in [1.165, 1.54) is 0 Å². The van der Waals surface area contributed by atoms with Gasteiger partial charge in [-0.25, -0.2) is 39.9 Å². The number of rotatable bonds is 0. The maximum atomic E-state index is 8.93.